The third-order valence-electron chi connectivity index (χ3n) is 1.88. The van der Waals surface area contributed by atoms with Crippen LogP contribution in [0.25, 0.3) is 0 Å². The number of hydrogen-bond donors (Lipinski definition) is 0. The van der Waals surface area contributed by atoms with Crippen LogP contribution in [0.15, 0.2) is 0 Å². The van der Waals surface area contributed by atoms with Gasteiger partial charge in [-0.1, -0.05) is 33.6 Å². The maximum absolute atomic E-state index is 5.40. The Labute approximate surface area is 71.1 Å². The Morgan fingerprint density at radius 2 is 1.73 bits per heavy atom. The molecule has 0 aliphatic rings. The molecular formula is C10H22O. The second-order valence-corrected chi connectivity index (χ2v) is 3.29. The molecule has 0 aliphatic carbocycles. The highest BCUT2D eigenvalue weighted by Crippen LogP contribution is 2.09. The molecule has 1 nitrogen and oxygen atoms in total. The van der Waals surface area contributed by atoms with Gasteiger partial charge in [-0.05, 0) is 18.8 Å². The van der Waals surface area contributed by atoms with Gasteiger partial charge in [0.1, 0.15) is 0 Å². The van der Waals surface area contributed by atoms with Gasteiger partial charge in [0.15, 0.2) is 0 Å². The van der Waals surface area contributed by atoms with Crippen molar-refractivity contribution in [2.24, 2.45) is 5.92 Å². The summed E-state index contributed by atoms with van der Waals surface area (Å²) in [4.78, 5) is 0. The van der Waals surface area contributed by atoms with Crippen LogP contribution in [-0.4, -0.2) is 13.2 Å². The Kier molecular flexibility index (Phi) is 8.03. The fraction of sp³-hybridized carbons (Fsp3) is 1.00. The molecule has 0 amide bonds. The Balaban J connectivity index is 2.97. The minimum atomic E-state index is 0.844. The zero-order valence-corrected chi connectivity index (χ0v) is 8.23. The van der Waals surface area contributed by atoms with Crippen molar-refractivity contribution >= 4 is 0 Å². The van der Waals surface area contributed by atoms with Crippen LogP contribution in [0.1, 0.15) is 46.5 Å². The maximum Gasteiger partial charge on any atom is 0.0468 e. The fourth-order valence-electron chi connectivity index (χ4n) is 1.17. The number of ether oxygens (including phenoxy) is 1. The molecule has 0 heterocycles. The van der Waals surface area contributed by atoms with Crippen LogP contribution in [0.3, 0.4) is 0 Å². The molecule has 1 unspecified atom stereocenters. The van der Waals surface area contributed by atoms with E-state index in [1.54, 1.807) is 0 Å². The molecule has 0 aromatic carbocycles. The van der Waals surface area contributed by atoms with Gasteiger partial charge in [-0.25, -0.2) is 0 Å². The molecular weight excluding hydrogens is 136 g/mol. The van der Waals surface area contributed by atoms with E-state index in [4.69, 9.17) is 4.74 Å². The van der Waals surface area contributed by atoms with E-state index in [1.807, 2.05) is 0 Å². The standard InChI is InChI=1S/C10H22O/c1-4-6-10(3)7-9-11-8-5-2/h10H,4-9H2,1-3H3. The van der Waals surface area contributed by atoms with Crippen molar-refractivity contribution < 1.29 is 4.74 Å². The van der Waals surface area contributed by atoms with Crippen molar-refractivity contribution in [3.05, 3.63) is 0 Å². The topological polar surface area (TPSA) is 9.23 Å². The molecule has 11 heavy (non-hydrogen) atoms. The molecule has 0 saturated carbocycles. The van der Waals surface area contributed by atoms with Crippen molar-refractivity contribution in [3.63, 3.8) is 0 Å². The van der Waals surface area contributed by atoms with Gasteiger partial charge in [-0.3, -0.25) is 0 Å². The summed E-state index contributed by atoms with van der Waals surface area (Å²) in [6.45, 7) is 8.57. The molecule has 0 aliphatic heterocycles. The molecule has 0 aromatic rings. The van der Waals surface area contributed by atoms with E-state index in [1.165, 1.54) is 19.3 Å². The molecule has 0 bridgehead atoms. The Bertz CT molecular complexity index is 71.3. The summed E-state index contributed by atoms with van der Waals surface area (Å²) >= 11 is 0. The molecule has 1 heteroatoms. The van der Waals surface area contributed by atoms with Crippen molar-refractivity contribution in [2.45, 2.75) is 46.5 Å². The van der Waals surface area contributed by atoms with Crippen molar-refractivity contribution in [3.8, 4) is 0 Å². The molecule has 0 radical (unpaired) electrons. The highest BCUT2D eigenvalue weighted by molar-refractivity contribution is 4.50. The lowest BCUT2D eigenvalue weighted by molar-refractivity contribution is 0.121. The van der Waals surface area contributed by atoms with Gasteiger partial charge in [0, 0.05) is 13.2 Å². The van der Waals surface area contributed by atoms with Gasteiger partial charge < -0.3 is 4.74 Å². The van der Waals surface area contributed by atoms with E-state index < -0.39 is 0 Å². The Morgan fingerprint density at radius 1 is 1.00 bits per heavy atom. The van der Waals surface area contributed by atoms with E-state index in [-0.39, 0.29) is 0 Å². The molecule has 0 saturated heterocycles. The zero-order valence-electron chi connectivity index (χ0n) is 8.23. The highest BCUT2D eigenvalue weighted by Gasteiger charge is 1.98. The second-order valence-electron chi connectivity index (χ2n) is 3.29. The van der Waals surface area contributed by atoms with Crippen LogP contribution in [0.5, 0.6) is 0 Å². The monoisotopic (exact) mass is 158 g/mol. The van der Waals surface area contributed by atoms with Gasteiger partial charge in [0.25, 0.3) is 0 Å². The lowest BCUT2D eigenvalue weighted by Gasteiger charge is -2.09. The first-order chi connectivity index (χ1) is 5.31. The van der Waals surface area contributed by atoms with Crippen LogP contribution in [0.4, 0.5) is 0 Å². The van der Waals surface area contributed by atoms with Crippen LogP contribution in [-0.2, 0) is 4.74 Å². The molecule has 0 aromatic heterocycles. The summed E-state index contributed by atoms with van der Waals surface area (Å²) in [7, 11) is 0. The van der Waals surface area contributed by atoms with Crippen molar-refractivity contribution in [1.29, 1.82) is 0 Å². The van der Waals surface area contributed by atoms with Gasteiger partial charge in [0.05, 0.1) is 0 Å². The van der Waals surface area contributed by atoms with E-state index >= 15 is 0 Å². The molecule has 0 N–H and O–H groups in total. The van der Waals surface area contributed by atoms with Crippen molar-refractivity contribution in [2.75, 3.05) is 13.2 Å². The van der Waals surface area contributed by atoms with Gasteiger partial charge >= 0.3 is 0 Å². The highest BCUT2D eigenvalue weighted by atomic mass is 16.5. The Morgan fingerprint density at radius 3 is 2.27 bits per heavy atom. The third kappa shape index (κ3) is 7.86. The van der Waals surface area contributed by atoms with Crippen LogP contribution in [0, 0.1) is 5.92 Å². The molecule has 0 fully saturated rings. The minimum absolute atomic E-state index is 0.844. The first-order valence-corrected chi connectivity index (χ1v) is 4.89. The lowest BCUT2D eigenvalue weighted by Crippen LogP contribution is -2.02. The van der Waals surface area contributed by atoms with Crippen LogP contribution >= 0.6 is 0 Å². The molecule has 1 atom stereocenters. The number of rotatable bonds is 7. The molecule has 68 valence electrons. The maximum atomic E-state index is 5.40. The second kappa shape index (κ2) is 8.06. The summed E-state index contributed by atoms with van der Waals surface area (Å²) in [5.41, 5.74) is 0. The van der Waals surface area contributed by atoms with E-state index in [2.05, 4.69) is 20.8 Å². The predicted molar refractivity (Wildman–Crippen MR) is 49.8 cm³/mol. The van der Waals surface area contributed by atoms with Crippen LogP contribution in [0.2, 0.25) is 0 Å². The predicted octanol–water partition coefficient (Wildman–Crippen LogP) is 3.24. The molecule has 0 spiro atoms. The first kappa shape index (κ1) is 11.0. The first-order valence-electron chi connectivity index (χ1n) is 4.89. The zero-order chi connectivity index (χ0) is 8.53. The smallest absolute Gasteiger partial charge is 0.0468 e. The van der Waals surface area contributed by atoms with Gasteiger partial charge in [-0.15, -0.1) is 0 Å². The normalized spacial score (nSPS) is 13.4. The van der Waals surface area contributed by atoms with Gasteiger partial charge in [0.2, 0.25) is 0 Å². The summed E-state index contributed by atoms with van der Waals surface area (Å²) in [5.74, 6) is 0.844. The average molecular weight is 158 g/mol. The summed E-state index contributed by atoms with van der Waals surface area (Å²) in [5, 5.41) is 0. The fourth-order valence-corrected chi connectivity index (χ4v) is 1.17. The van der Waals surface area contributed by atoms with Crippen LogP contribution < -0.4 is 0 Å². The Hall–Kier alpha value is -0.0400. The van der Waals surface area contributed by atoms with Crippen molar-refractivity contribution in [1.82, 2.24) is 0 Å². The van der Waals surface area contributed by atoms with E-state index in [9.17, 15) is 0 Å². The lowest BCUT2D eigenvalue weighted by atomic mass is 10.0. The summed E-state index contributed by atoms with van der Waals surface area (Å²) in [6.07, 6.45) is 5.01. The molecule has 0 rings (SSSR count). The minimum Gasteiger partial charge on any atom is -0.381 e. The largest absolute Gasteiger partial charge is 0.381 e. The average Bonchev–Trinajstić information content (AvgIpc) is 1.99. The van der Waals surface area contributed by atoms with E-state index in [0.29, 0.717) is 0 Å². The summed E-state index contributed by atoms with van der Waals surface area (Å²) in [6, 6.07) is 0. The summed E-state index contributed by atoms with van der Waals surface area (Å²) < 4.78 is 5.40. The van der Waals surface area contributed by atoms with Gasteiger partial charge in [-0.2, -0.15) is 0 Å². The quantitative estimate of drug-likeness (QED) is 0.517. The third-order valence-corrected chi connectivity index (χ3v) is 1.88. The SMILES string of the molecule is CCCOCCC(C)CCC. The number of hydrogen-bond acceptors (Lipinski definition) is 1. The van der Waals surface area contributed by atoms with E-state index in [0.717, 1.165) is 25.6 Å².